The number of likely N-dealkylation sites (tertiary alicyclic amines) is 1. The van der Waals surface area contributed by atoms with Crippen molar-refractivity contribution in [2.24, 2.45) is 0 Å². The quantitative estimate of drug-likeness (QED) is 0.811. The Balaban J connectivity index is 1.43. The van der Waals surface area contributed by atoms with E-state index >= 15 is 0 Å². The van der Waals surface area contributed by atoms with Gasteiger partial charge in [0.2, 0.25) is 11.8 Å². The first-order chi connectivity index (χ1) is 10.8. The topological polar surface area (TPSA) is 44.7 Å². The Morgan fingerprint density at radius 2 is 1.64 bits per heavy atom. The van der Waals surface area contributed by atoms with Crippen LogP contribution in [0.15, 0.2) is 12.3 Å². The summed E-state index contributed by atoms with van der Waals surface area (Å²) in [5.41, 5.74) is 0. The third-order valence-electron chi connectivity index (χ3n) is 4.66. The molecule has 0 radical (unpaired) electrons. The molecule has 0 aromatic carbocycles. The minimum absolute atomic E-state index is 0.637. The van der Waals surface area contributed by atoms with Gasteiger partial charge in [-0.2, -0.15) is 4.98 Å². The van der Waals surface area contributed by atoms with Gasteiger partial charge in [-0.25, -0.2) is 4.98 Å². The summed E-state index contributed by atoms with van der Waals surface area (Å²) < 4.78 is 5.18. The SMILES string of the molecule is COc1ccnc(N2CCN(CCN3CCCCC3)CC2)n1. The maximum atomic E-state index is 5.18. The molecule has 3 rings (SSSR count). The van der Waals surface area contributed by atoms with E-state index in [2.05, 4.69) is 24.7 Å². The van der Waals surface area contributed by atoms with E-state index in [0.29, 0.717) is 5.88 Å². The molecule has 0 atom stereocenters. The van der Waals surface area contributed by atoms with Gasteiger partial charge in [-0.3, -0.25) is 4.90 Å². The molecular formula is C16H27N5O. The Labute approximate surface area is 133 Å². The number of methoxy groups -OCH3 is 1. The van der Waals surface area contributed by atoms with Crippen molar-refractivity contribution in [3.8, 4) is 5.88 Å². The predicted molar refractivity (Wildman–Crippen MR) is 87.5 cm³/mol. The van der Waals surface area contributed by atoms with E-state index in [0.717, 1.165) is 32.1 Å². The van der Waals surface area contributed by atoms with E-state index in [1.54, 1.807) is 19.4 Å². The molecule has 6 heteroatoms. The fourth-order valence-electron chi connectivity index (χ4n) is 3.24. The molecule has 2 aliphatic heterocycles. The zero-order valence-corrected chi connectivity index (χ0v) is 13.6. The van der Waals surface area contributed by atoms with Gasteiger partial charge < -0.3 is 14.5 Å². The minimum Gasteiger partial charge on any atom is -0.481 e. The van der Waals surface area contributed by atoms with Crippen molar-refractivity contribution in [2.75, 3.05) is 64.4 Å². The smallest absolute Gasteiger partial charge is 0.228 e. The molecule has 0 bridgehead atoms. The van der Waals surface area contributed by atoms with Gasteiger partial charge in [0.05, 0.1) is 7.11 Å². The Kier molecular flexibility index (Phi) is 5.45. The van der Waals surface area contributed by atoms with Gasteiger partial charge in [-0.1, -0.05) is 6.42 Å². The van der Waals surface area contributed by atoms with Crippen LogP contribution in [-0.2, 0) is 0 Å². The second-order valence-electron chi connectivity index (χ2n) is 6.13. The van der Waals surface area contributed by atoms with Crippen LogP contribution in [0.2, 0.25) is 0 Å². The average Bonchev–Trinajstić information content (AvgIpc) is 2.61. The van der Waals surface area contributed by atoms with E-state index in [-0.39, 0.29) is 0 Å². The number of hydrogen-bond donors (Lipinski definition) is 0. The van der Waals surface area contributed by atoms with Gasteiger partial charge in [0, 0.05) is 51.5 Å². The molecule has 0 amide bonds. The van der Waals surface area contributed by atoms with Gasteiger partial charge >= 0.3 is 0 Å². The van der Waals surface area contributed by atoms with E-state index in [4.69, 9.17) is 4.74 Å². The highest BCUT2D eigenvalue weighted by molar-refractivity contribution is 5.32. The summed E-state index contributed by atoms with van der Waals surface area (Å²) >= 11 is 0. The fourth-order valence-corrected chi connectivity index (χ4v) is 3.24. The summed E-state index contributed by atoms with van der Waals surface area (Å²) in [6.07, 6.45) is 5.93. The molecule has 2 saturated heterocycles. The number of rotatable bonds is 5. The van der Waals surface area contributed by atoms with Crippen molar-refractivity contribution in [1.29, 1.82) is 0 Å². The van der Waals surface area contributed by atoms with Crippen LogP contribution < -0.4 is 9.64 Å². The normalized spacial score (nSPS) is 21.0. The highest BCUT2D eigenvalue weighted by atomic mass is 16.5. The monoisotopic (exact) mass is 305 g/mol. The molecular weight excluding hydrogens is 278 g/mol. The molecule has 0 aliphatic carbocycles. The van der Waals surface area contributed by atoms with Crippen LogP contribution in [0.3, 0.4) is 0 Å². The fraction of sp³-hybridized carbons (Fsp3) is 0.750. The minimum atomic E-state index is 0.637. The zero-order valence-electron chi connectivity index (χ0n) is 13.6. The maximum Gasteiger partial charge on any atom is 0.228 e. The number of piperidine rings is 1. The summed E-state index contributed by atoms with van der Waals surface area (Å²) in [6, 6.07) is 1.79. The lowest BCUT2D eigenvalue weighted by molar-refractivity contribution is 0.176. The van der Waals surface area contributed by atoms with Gasteiger partial charge in [-0.15, -0.1) is 0 Å². The molecule has 2 fully saturated rings. The molecule has 0 spiro atoms. The molecule has 0 saturated carbocycles. The van der Waals surface area contributed by atoms with Crippen molar-refractivity contribution < 1.29 is 4.74 Å². The van der Waals surface area contributed by atoms with Crippen LogP contribution >= 0.6 is 0 Å². The summed E-state index contributed by atoms with van der Waals surface area (Å²) in [5, 5.41) is 0. The van der Waals surface area contributed by atoms with E-state index in [1.165, 1.54) is 45.4 Å². The first-order valence-corrected chi connectivity index (χ1v) is 8.42. The highest BCUT2D eigenvalue weighted by Crippen LogP contribution is 2.14. The standard InChI is InChI=1S/C16H27N5O/c1-22-15-5-6-17-16(18-15)21-13-11-20(12-14-21)10-9-19-7-3-2-4-8-19/h5-6H,2-4,7-14H2,1H3. The second-order valence-corrected chi connectivity index (χ2v) is 6.13. The van der Waals surface area contributed by atoms with Crippen molar-refractivity contribution in [3.05, 3.63) is 12.3 Å². The van der Waals surface area contributed by atoms with Gasteiger partial charge in [0.15, 0.2) is 0 Å². The first kappa shape index (κ1) is 15.5. The molecule has 0 N–H and O–H groups in total. The third kappa shape index (κ3) is 4.08. The number of aromatic nitrogens is 2. The summed E-state index contributed by atoms with van der Waals surface area (Å²) in [6.45, 7) is 9.15. The molecule has 1 aromatic rings. The van der Waals surface area contributed by atoms with Crippen LogP contribution in [0.4, 0.5) is 5.95 Å². The Bertz CT molecular complexity index is 456. The molecule has 3 heterocycles. The van der Waals surface area contributed by atoms with Crippen LogP contribution in [0.1, 0.15) is 19.3 Å². The average molecular weight is 305 g/mol. The van der Waals surface area contributed by atoms with Crippen LogP contribution in [-0.4, -0.2) is 79.2 Å². The number of nitrogens with zero attached hydrogens (tertiary/aromatic N) is 5. The molecule has 122 valence electrons. The molecule has 0 unspecified atom stereocenters. The molecule has 1 aromatic heterocycles. The summed E-state index contributed by atoms with van der Waals surface area (Å²) in [4.78, 5) is 16.2. The van der Waals surface area contributed by atoms with Gasteiger partial charge in [0.25, 0.3) is 0 Å². The second kappa shape index (κ2) is 7.74. The summed E-state index contributed by atoms with van der Waals surface area (Å²) in [7, 11) is 1.64. The van der Waals surface area contributed by atoms with Gasteiger partial charge in [0.1, 0.15) is 0 Å². The van der Waals surface area contributed by atoms with Crippen LogP contribution in [0, 0.1) is 0 Å². The Morgan fingerprint density at radius 1 is 0.955 bits per heavy atom. The molecule has 2 aliphatic rings. The zero-order chi connectivity index (χ0) is 15.2. The lowest BCUT2D eigenvalue weighted by atomic mass is 10.1. The van der Waals surface area contributed by atoms with E-state index < -0.39 is 0 Å². The lowest BCUT2D eigenvalue weighted by Gasteiger charge is -2.36. The maximum absolute atomic E-state index is 5.18. The van der Waals surface area contributed by atoms with Crippen LogP contribution in [0.5, 0.6) is 5.88 Å². The number of anilines is 1. The number of piperazine rings is 1. The first-order valence-electron chi connectivity index (χ1n) is 8.42. The highest BCUT2D eigenvalue weighted by Gasteiger charge is 2.20. The van der Waals surface area contributed by atoms with Crippen molar-refractivity contribution >= 4 is 5.95 Å². The Hall–Kier alpha value is -1.40. The Morgan fingerprint density at radius 3 is 2.32 bits per heavy atom. The van der Waals surface area contributed by atoms with Gasteiger partial charge in [-0.05, 0) is 25.9 Å². The lowest BCUT2D eigenvalue weighted by Crippen LogP contribution is -2.49. The van der Waals surface area contributed by atoms with Crippen LogP contribution in [0.25, 0.3) is 0 Å². The predicted octanol–water partition coefficient (Wildman–Crippen LogP) is 1.09. The van der Waals surface area contributed by atoms with Crippen molar-refractivity contribution in [2.45, 2.75) is 19.3 Å². The number of ether oxygens (including phenoxy) is 1. The summed E-state index contributed by atoms with van der Waals surface area (Å²) in [5.74, 6) is 1.42. The molecule has 6 nitrogen and oxygen atoms in total. The largest absolute Gasteiger partial charge is 0.481 e. The van der Waals surface area contributed by atoms with Crippen molar-refractivity contribution in [3.63, 3.8) is 0 Å². The van der Waals surface area contributed by atoms with E-state index in [1.807, 2.05) is 0 Å². The molecule has 22 heavy (non-hydrogen) atoms. The van der Waals surface area contributed by atoms with E-state index in [9.17, 15) is 0 Å². The third-order valence-corrected chi connectivity index (χ3v) is 4.66. The van der Waals surface area contributed by atoms with Crippen molar-refractivity contribution in [1.82, 2.24) is 19.8 Å². The number of hydrogen-bond acceptors (Lipinski definition) is 6.